The molecule has 2 saturated heterocycles. The Morgan fingerprint density at radius 1 is 1.32 bits per heavy atom. The molecule has 0 saturated carbocycles. The molecule has 2 aliphatic heterocycles. The minimum absolute atomic E-state index is 0.487. The lowest BCUT2D eigenvalue weighted by Gasteiger charge is -2.42. The van der Waals surface area contributed by atoms with Gasteiger partial charge in [-0.25, -0.2) is 0 Å². The molecule has 0 spiro atoms. The van der Waals surface area contributed by atoms with E-state index < -0.39 is 0 Å². The lowest BCUT2D eigenvalue weighted by molar-refractivity contribution is -0.0224. The molecule has 3 atom stereocenters. The molecule has 0 aliphatic carbocycles. The summed E-state index contributed by atoms with van der Waals surface area (Å²) >= 11 is 0. The minimum Gasteiger partial charge on any atom is -0.377 e. The van der Waals surface area contributed by atoms with E-state index in [1.165, 1.54) is 38.6 Å². The Bertz CT molecular complexity index is 251. The maximum absolute atomic E-state index is 5.93. The third kappa shape index (κ3) is 4.73. The van der Waals surface area contributed by atoms with E-state index in [9.17, 15) is 0 Å². The molecule has 3 heteroatoms. The number of ether oxygens (including phenoxy) is 1. The number of nitrogens with one attached hydrogen (secondary N) is 1. The lowest BCUT2D eigenvalue weighted by Crippen LogP contribution is -2.58. The van der Waals surface area contributed by atoms with Crippen LogP contribution in [0, 0.1) is 5.92 Å². The van der Waals surface area contributed by atoms with Crippen molar-refractivity contribution in [1.82, 2.24) is 10.2 Å². The van der Waals surface area contributed by atoms with Crippen molar-refractivity contribution in [2.45, 2.75) is 71.1 Å². The van der Waals surface area contributed by atoms with Crippen molar-refractivity contribution in [1.29, 1.82) is 0 Å². The van der Waals surface area contributed by atoms with E-state index in [1.807, 2.05) is 0 Å². The fourth-order valence-corrected chi connectivity index (χ4v) is 3.49. The molecular formula is C16H32N2O. The van der Waals surface area contributed by atoms with Crippen LogP contribution < -0.4 is 5.32 Å². The topological polar surface area (TPSA) is 24.5 Å². The maximum Gasteiger partial charge on any atom is 0.0702 e. The first kappa shape index (κ1) is 15.3. The zero-order valence-electron chi connectivity index (χ0n) is 13.0. The number of hydrogen-bond donors (Lipinski definition) is 1. The Hall–Kier alpha value is -0.120. The van der Waals surface area contributed by atoms with Crippen LogP contribution >= 0.6 is 0 Å². The van der Waals surface area contributed by atoms with E-state index in [0.717, 1.165) is 25.6 Å². The first-order chi connectivity index (χ1) is 9.19. The third-order valence-corrected chi connectivity index (χ3v) is 4.55. The van der Waals surface area contributed by atoms with Crippen molar-refractivity contribution < 1.29 is 4.74 Å². The third-order valence-electron chi connectivity index (χ3n) is 4.55. The van der Waals surface area contributed by atoms with Crippen LogP contribution in [0.3, 0.4) is 0 Å². The Morgan fingerprint density at radius 3 is 2.79 bits per heavy atom. The van der Waals surface area contributed by atoms with Gasteiger partial charge in [-0.1, -0.05) is 20.8 Å². The average Bonchev–Trinajstić information content (AvgIpc) is 2.39. The van der Waals surface area contributed by atoms with Crippen molar-refractivity contribution in [3.63, 3.8) is 0 Å². The summed E-state index contributed by atoms with van der Waals surface area (Å²) in [5, 5.41) is 3.74. The largest absolute Gasteiger partial charge is 0.377 e. The Balaban J connectivity index is 1.85. The molecule has 1 N–H and O–H groups in total. The molecule has 0 amide bonds. The molecule has 2 aliphatic rings. The van der Waals surface area contributed by atoms with Crippen molar-refractivity contribution in [3.05, 3.63) is 0 Å². The van der Waals surface area contributed by atoms with E-state index in [4.69, 9.17) is 4.74 Å². The highest BCUT2D eigenvalue weighted by molar-refractivity contribution is 4.87. The number of piperazine rings is 1. The molecule has 0 radical (unpaired) electrons. The van der Waals surface area contributed by atoms with E-state index in [0.29, 0.717) is 18.2 Å². The highest BCUT2D eigenvalue weighted by atomic mass is 16.5. The number of hydrogen-bond acceptors (Lipinski definition) is 3. The second kappa shape index (κ2) is 7.61. The summed E-state index contributed by atoms with van der Waals surface area (Å²) in [7, 11) is 0. The van der Waals surface area contributed by atoms with E-state index in [-0.39, 0.29) is 0 Å². The summed E-state index contributed by atoms with van der Waals surface area (Å²) in [5.41, 5.74) is 0. The summed E-state index contributed by atoms with van der Waals surface area (Å²) in [6, 6.07) is 1.38. The van der Waals surface area contributed by atoms with Crippen molar-refractivity contribution >= 4 is 0 Å². The number of nitrogens with zero attached hydrogens (tertiary/aromatic N) is 1. The van der Waals surface area contributed by atoms with Gasteiger partial charge in [-0.2, -0.15) is 0 Å². The molecule has 3 unspecified atom stereocenters. The number of rotatable bonds is 5. The quantitative estimate of drug-likeness (QED) is 0.829. The molecule has 0 aromatic rings. The predicted molar refractivity (Wildman–Crippen MR) is 80.5 cm³/mol. The molecule has 3 nitrogen and oxygen atoms in total. The first-order valence-electron chi connectivity index (χ1n) is 8.28. The van der Waals surface area contributed by atoms with Gasteiger partial charge in [-0.05, 0) is 38.0 Å². The van der Waals surface area contributed by atoms with Gasteiger partial charge in [0.2, 0.25) is 0 Å². The van der Waals surface area contributed by atoms with Gasteiger partial charge in [0.15, 0.2) is 0 Å². The molecule has 19 heavy (non-hydrogen) atoms. The van der Waals surface area contributed by atoms with Crippen molar-refractivity contribution in [2.75, 3.05) is 26.2 Å². The van der Waals surface area contributed by atoms with Crippen LogP contribution in [-0.2, 0) is 4.74 Å². The normalized spacial score (nSPS) is 33.8. The Labute approximate surface area is 119 Å². The summed E-state index contributed by atoms with van der Waals surface area (Å²) < 4.78 is 5.93. The van der Waals surface area contributed by atoms with Crippen LogP contribution in [0.1, 0.15) is 52.9 Å². The molecule has 2 heterocycles. The molecule has 112 valence electrons. The standard InChI is InChI=1S/C16H32N2O/c1-4-15-10-17-14(9-13(2)3)11-18(15)12-16-7-5-6-8-19-16/h13-17H,4-12H2,1-3H3. The Morgan fingerprint density at radius 2 is 2.16 bits per heavy atom. The van der Waals surface area contributed by atoms with Gasteiger partial charge in [-0.15, -0.1) is 0 Å². The highest BCUT2D eigenvalue weighted by Crippen LogP contribution is 2.19. The fraction of sp³-hybridized carbons (Fsp3) is 1.00. The SMILES string of the molecule is CCC1CNC(CC(C)C)CN1CC1CCCCO1. The van der Waals surface area contributed by atoms with Crippen LogP contribution in [0.2, 0.25) is 0 Å². The van der Waals surface area contributed by atoms with Gasteiger partial charge in [0.05, 0.1) is 6.10 Å². The van der Waals surface area contributed by atoms with Crippen LogP contribution in [0.15, 0.2) is 0 Å². The summed E-state index contributed by atoms with van der Waals surface area (Å²) in [5.74, 6) is 0.781. The predicted octanol–water partition coefficient (Wildman–Crippen LogP) is 2.65. The van der Waals surface area contributed by atoms with Gasteiger partial charge in [0.25, 0.3) is 0 Å². The van der Waals surface area contributed by atoms with Gasteiger partial charge in [0, 0.05) is 38.3 Å². The molecule has 2 fully saturated rings. The smallest absolute Gasteiger partial charge is 0.0702 e. The zero-order chi connectivity index (χ0) is 13.7. The van der Waals surface area contributed by atoms with Crippen LogP contribution in [0.4, 0.5) is 0 Å². The second-order valence-corrected chi connectivity index (χ2v) is 6.74. The molecule has 0 aromatic carbocycles. The molecular weight excluding hydrogens is 236 g/mol. The lowest BCUT2D eigenvalue weighted by atomic mass is 9.98. The van der Waals surface area contributed by atoms with Gasteiger partial charge in [0.1, 0.15) is 0 Å². The van der Waals surface area contributed by atoms with Gasteiger partial charge >= 0.3 is 0 Å². The van der Waals surface area contributed by atoms with Crippen LogP contribution in [-0.4, -0.2) is 49.3 Å². The van der Waals surface area contributed by atoms with Crippen LogP contribution in [0.25, 0.3) is 0 Å². The molecule has 2 rings (SSSR count). The van der Waals surface area contributed by atoms with Crippen LogP contribution in [0.5, 0.6) is 0 Å². The summed E-state index contributed by atoms with van der Waals surface area (Å²) in [6.07, 6.45) is 6.89. The van der Waals surface area contributed by atoms with E-state index in [1.54, 1.807) is 0 Å². The highest BCUT2D eigenvalue weighted by Gasteiger charge is 2.29. The van der Waals surface area contributed by atoms with Gasteiger partial charge < -0.3 is 10.1 Å². The maximum atomic E-state index is 5.93. The zero-order valence-corrected chi connectivity index (χ0v) is 13.0. The monoisotopic (exact) mass is 268 g/mol. The Kier molecular flexibility index (Phi) is 6.11. The van der Waals surface area contributed by atoms with Gasteiger partial charge in [-0.3, -0.25) is 4.90 Å². The average molecular weight is 268 g/mol. The molecule has 0 bridgehead atoms. The van der Waals surface area contributed by atoms with E-state index >= 15 is 0 Å². The second-order valence-electron chi connectivity index (χ2n) is 6.74. The summed E-state index contributed by atoms with van der Waals surface area (Å²) in [4.78, 5) is 2.69. The minimum atomic E-state index is 0.487. The van der Waals surface area contributed by atoms with Crippen molar-refractivity contribution in [3.8, 4) is 0 Å². The molecule has 0 aromatic heterocycles. The van der Waals surface area contributed by atoms with Crippen molar-refractivity contribution in [2.24, 2.45) is 5.92 Å². The first-order valence-corrected chi connectivity index (χ1v) is 8.28. The fourth-order valence-electron chi connectivity index (χ4n) is 3.49. The van der Waals surface area contributed by atoms with E-state index in [2.05, 4.69) is 31.0 Å². The summed E-state index contributed by atoms with van der Waals surface area (Å²) in [6.45, 7) is 11.4.